The van der Waals surface area contributed by atoms with Crippen molar-refractivity contribution in [1.29, 1.82) is 0 Å². The van der Waals surface area contributed by atoms with Gasteiger partial charge in [0.1, 0.15) is 6.61 Å². The molecule has 0 unspecified atom stereocenters. The van der Waals surface area contributed by atoms with E-state index in [2.05, 4.69) is 15.9 Å². The largest absolute Gasteiger partial charge is 0.481 e. The minimum atomic E-state index is -0.450. The fourth-order valence-electron chi connectivity index (χ4n) is 1.49. The van der Waals surface area contributed by atoms with Gasteiger partial charge in [0.05, 0.1) is 9.26 Å². The van der Waals surface area contributed by atoms with Gasteiger partial charge in [-0.05, 0) is 23.8 Å². The number of hydrogen-bond acceptors (Lipinski definition) is 4. The molecule has 0 aliphatic heterocycles. The topological polar surface area (TPSA) is 52.4 Å². The number of thiophene rings is 1. The Morgan fingerprint density at radius 3 is 2.74 bits per heavy atom. The van der Waals surface area contributed by atoms with Crippen molar-refractivity contribution in [3.8, 4) is 5.75 Å². The molecule has 2 rings (SSSR count). The van der Waals surface area contributed by atoms with Crippen LogP contribution in [0.1, 0.15) is 10.4 Å². The Balaban J connectivity index is 2.19. The lowest BCUT2D eigenvalue weighted by molar-refractivity contribution is -0.385. The summed E-state index contributed by atoms with van der Waals surface area (Å²) in [6.45, 7) is 0.268. The molecule has 0 saturated heterocycles. The van der Waals surface area contributed by atoms with Crippen LogP contribution in [0.15, 0.2) is 30.3 Å². The number of nitro groups is 1. The molecular weight excluding hydrogens is 354 g/mol. The Hall–Kier alpha value is -1.11. The summed E-state index contributed by atoms with van der Waals surface area (Å²) < 4.78 is 6.20. The summed E-state index contributed by atoms with van der Waals surface area (Å²) in [7, 11) is 0. The van der Waals surface area contributed by atoms with Crippen molar-refractivity contribution in [3.05, 3.63) is 55.2 Å². The highest BCUT2D eigenvalue weighted by Crippen LogP contribution is 2.30. The van der Waals surface area contributed by atoms with Crippen molar-refractivity contribution < 1.29 is 9.66 Å². The van der Waals surface area contributed by atoms with Crippen molar-refractivity contribution in [2.45, 2.75) is 11.9 Å². The van der Waals surface area contributed by atoms with Gasteiger partial charge in [-0.1, -0.05) is 33.6 Å². The molecule has 0 radical (unpaired) electrons. The highest BCUT2D eigenvalue weighted by molar-refractivity contribution is 9.08. The summed E-state index contributed by atoms with van der Waals surface area (Å²) in [6.07, 6.45) is 0. The molecule has 1 aromatic carbocycles. The Morgan fingerprint density at radius 2 is 2.16 bits per heavy atom. The predicted octanol–water partition coefficient (Wildman–Crippen LogP) is 4.78. The molecule has 2 aromatic rings. The summed E-state index contributed by atoms with van der Waals surface area (Å²) >= 11 is 10.5. The molecule has 19 heavy (non-hydrogen) atoms. The van der Waals surface area contributed by atoms with Crippen LogP contribution in [0.2, 0.25) is 4.34 Å². The standard InChI is InChI=1S/C12H9BrClNO3S/c13-6-8-1-3-10(15(16)17)11(5-8)18-7-9-2-4-12(14)19-9/h1-5H,6-7H2. The van der Waals surface area contributed by atoms with E-state index in [9.17, 15) is 10.1 Å². The highest BCUT2D eigenvalue weighted by Gasteiger charge is 2.15. The highest BCUT2D eigenvalue weighted by atomic mass is 79.9. The van der Waals surface area contributed by atoms with Crippen LogP contribution in [0.5, 0.6) is 5.75 Å². The van der Waals surface area contributed by atoms with E-state index in [0.717, 1.165) is 10.4 Å². The lowest BCUT2D eigenvalue weighted by Crippen LogP contribution is -1.98. The number of nitrogens with zero attached hydrogens (tertiary/aromatic N) is 1. The van der Waals surface area contributed by atoms with E-state index in [1.807, 2.05) is 6.07 Å². The summed E-state index contributed by atoms with van der Waals surface area (Å²) in [5.41, 5.74) is 0.886. The number of hydrogen-bond donors (Lipinski definition) is 0. The van der Waals surface area contributed by atoms with Gasteiger partial charge in [-0.2, -0.15) is 0 Å². The summed E-state index contributed by atoms with van der Waals surface area (Å²) in [6, 6.07) is 8.43. The number of nitro benzene ring substituents is 1. The van der Waals surface area contributed by atoms with Gasteiger partial charge < -0.3 is 4.74 Å². The van der Waals surface area contributed by atoms with Crippen LogP contribution in [0.3, 0.4) is 0 Å². The second-order valence-electron chi connectivity index (χ2n) is 3.69. The minimum Gasteiger partial charge on any atom is -0.481 e. The van der Waals surface area contributed by atoms with E-state index < -0.39 is 4.92 Å². The minimum absolute atomic E-state index is 0.0349. The van der Waals surface area contributed by atoms with Crippen LogP contribution >= 0.6 is 38.9 Å². The fraction of sp³-hybridized carbons (Fsp3) is 0.167. The molecule has 0 amide bonds. The zero-order valence-electron chi connectivity index (χ0n) is 9.64. The zero-order chi connectivity index (χ0) is 13.8. The Bertz CT molecular complexity index is 602. The summed E-state index contributed by atoms with van der Waals surface area (Å²) in [4.78, 5) is 11.4. The molecule has 0 atom stereocenters. The first-order valence-electron chi connectivity index (χ1n) is 5.30. The quantitative estimate of drug-likeness (QED) is 0.437. The second kappa shape index (κ2) is 6.36. The number of benzene rings is 1. The number of halogens is 2. The van der Waals surface area contributed by atoms with E-state index in [4.69, 9.17) is 16.3 Å². The molecule has 4 nitrogen and oxygen atoms in total. The van der Waals surface area contributed by atoms with E-state index >= 15 is 0 Å². The van der Waals surface area contributed by atoms with Gasteiger partial charge in [0.2, 0.25) is 0 Å². The molecule has 1 aromatic heterocycles. The van der Waals surface area contributed by atoms with Crippen molar-refractivity contribution in [3.63, 3.8) is 0 Å². The lowest BCUT2D eigenvalue weighted by atomic mass is 10.2. The summed E-state index contributed by atoms with van der Waals surface area (Å²) in [5, 5.41) is 11.5. The SMILES string of the molecule is O=[N+]([O-])c1ccc(CBr)cc1OCc1ccc(Cl)s1. The van der Waals surface area contributed by atoms with Gasteiger partial charge in [-0.25, -0.2) is 0 Å². The third-order valence-corrected chi connectivity index (χ3v) is 4.23. The predicted molar refractivity (Wildman–Crippen MR) is 79.4 cm³/mol. The Morgan fingerprint density at radius 1 is 1.37 bits per heavy atom. The van der Waals surface area contributed by atoms with E-state index in [0.29, 0.717) is 9.67 Å². The van der Waals surface area contributed by atoms with Gasteiger partial charge in [-0.15, -0.1) is 11.3 Å². The first kappa shape index (κ1) is 14.3. The first-order valence-corrected chi connectivity index (χ1v) is 7.62. The molecule has 0 saturated carbocycles. The van der Waals surface area contributed by atoms with Crippen molar-refractivity contribution in [2.75, 3.05) is 0 Å². The normalized spacial score (nSPS) is 10.4. The Labute approximate surface area is 127 Å². The maximum Gasteiger partial charge on any atom is 0.310 e. The molecule has 0 aliphatic carbocycles. The van der Waals surface area contributed by atoms with E-state index in [-0.39, 0.29) is 18.0 Å². The molecule has 0 N–H and O–H groups in total. The smallest absolute Gasteiger partial charge is 0.310 e. The molecular formula is C12H9BrClNO3S. The van der Waals surface area contributed by atoms with Crippen LogP contribution < -0.4 is 4.74 Å². The van der Waals surface area contributed by atoms with Crippen LogP contribution in [0.25, 0.3) is 0 Å². The molecule has 0 fully saturated rings. The number of ether oxygens (including phenoxy) is 1. The molecule has 1 heterocycles. The van der Waals surface area contributed by atoms with Gasteiger partial charge in [-0.3, -0.25) is 10.1 Å². The lowest BCUT2D eigenvalue weighted by Gasteiger charge is -2.06. The first-order chi connectivity index (χ1) is 9.10. The third-order valence-electron chi connectivity index (χ3n) is 2.37. The average Bonchev–Trinajstić information content (AvgIpc) is 2.81. The summed E-state index contributed by atoms with van der Waals surface area (Å²) in [5.74, 6) is 0.270. The molecule has 100 valence electrons. The second-order valence-corrected chi connectivity index (χ2v) is 6.05. The van der Waals surface area contributed by atoms with E-state index in [1.165, 1.54) is 17.4 Å². The monoisotopic (exact) mass is 361 g/mol. The van der Waals surface area contributed by atoms with Gasteiger partial charge in [0.25, 0.3) is 0 Å². The van der Waals surface area contributed by atoms with Crippen molar-refractivity contribution >= 4 is 44.6 Å². The Kier molecular flexibility index (Phi) is 4.79. The van der Waals surface area contributed by atoms with Gasteiger partial charge >= 0.3 is 5.69 Å². The molecule has 0 bridgehead atoms. The third kappa shape index (κ3) is 3.68. The van der Waals surface area contributed by atoms with E-state index in [1.54, 1.807) is 18.2 Å². The maximum atomic E-state index is 10.9. The molecule has 0 spiro atoms. The van der Waals surface area contributed by atoms with Crippen LogP contribution in [-0.4, -0.2) is 4.92 Å². The fourth-order valence-corrected chi connectivity index (χ4v) is 2.84. The maximum absolute atomic E-state index is 10.9. The van der Waals surface area contributed by atoms with Gasteiger partial charge in [0, 0.05) is 16.3 Å². The molecule has 7 heteroatoms. The zero-order valence-corrected chi connectivity index (χ0v) is 12.8. The van der Waals surface area contributed by atoms with Crippen LogP contribution in [0, 0.1) is 10.1 Å². The van der Waals surface area contributed by atoms with Crippen LogP contribution in [0.4, 0.5) is 5.69 Å². The number of rotatable bonds is 5. The average molecular weight is 363 g/mol. The number of alkyl halides is 1. The van der Waals surface area contributed by atoms with Gasteiger partial charge in [0.15, 0.2) is 5.75 Å². The van der Waals surface area contributed by atoms with Crippen molar-refractivity contribution in [2.24, 2.45) is 0 Å². The van der Waals surface area contributed by atoms with Crippen molar-refractivity contribution in [1.82, 2.24) is 0 Å². The molecule has 0 aliphatic rings. The van der Waals surface area contributed by atoms with Crippen LogP contribution in [-0.2, 0) is 11.9 Å².